The number of rotatable bonds is 1. The first kappa shape index (κ1) is 12.7. The van der Waals surface area contributed by atoms with Crippen molar-refractivity contribution >= 4 is 17.1 Å². The minimum Gasteiger partial charge on any atom is -0.378 e. The molecule has 0 unspecified atom stereocenters. The molecule has 2 heterocycles. The van der Waals surface area contributed by atoms with Crippen molar-refractivity contribution in [2.75, 3.05) is 38.3 Å². The summed E-state index contributed by atoms with van der Waals surface area (Å²) in [5.74, 6) is 0. The van der Waals surface area contributed by atoms with Crippen LogP contribution in [-0.4, -0.2) is 43.6 Å². The van der Waals surface area contributed by atoms with Crippen molar-refractivity contribution in [1.29, 1.82) is 0 Å². The molecule has 1 fully saturated rings. The predicted molar refractivity (Wildman–Crippen MR) is 79.0 cm³/mol. The number of anilines is 1. The van der Waals surface area contributed by atoms with Crippen LogP contribution in [0, 0.1) is 0 Å². The van der Waals surface area contributed by atoms with Crippen LogP contribution < -0.4 is 4.90 Å². The van der Waals surface area contributed by atoms with Gasteiger partial charge >= 0.3 is 0 Å². The van der Waals surface area contributed by atoms with Gasteiger partial charge in [0.05, 0.1) is 18.6 Å². The molecule has 3 rings (SSSR count). The summed E-state index contributed by atoms with van der Waals surface area (Å²) in [4.78, 5) is 2.42. The number of hydrogen-bond acceptors (Lipinski definition) is 2. The van der Waals surface area contributed by atoms with Crippen LogP contribution in [-0.2, 0) is 10.2 Å². The molecule has 1 aromatic carbocycles. The van der Waals surface area contributed by atoms with Crippen LogP contribution in [0.1, 0.15) is 26.3 Å². The highest BCUT2D eigenvalue weighted by molar-refractivity contribution is 5.93. The smallest absolute Gasteiger partial charge is 0.209 e. The van der Waals surface area contributed by atoms with Gasteiger partial charge in [-0.3, -0.25) is 0 Å². The first-order valence-electron chi connectivity index (χ1n) is 7.07. The molecule has 1 saturated heterocycles. The largest absolute Gasteiger partial charge is 0.378 e. The topological polar surface area (TPSA) is 15.5 Å². The van der Waals surface area contributed by atoms with E-state index in [9.17, 15) is 0 Å². The highest BCUT2D eigenvalue weighted by atomic mass is 16.5. The number of fused-ring (bicyclic) bond motifs is 1. The number of ether oxygens (including phenoxy) is 1. The van der Waals surface area contributed by atoms with Gasteiger partial charge < -0.3 is 9.64 Å². The predicted octanol–water partition coefficient (Wildman–Crippen LogP) is 2.55. The molecular weight excluding hydrogens is 236 g/mol. The molecule has 19 heavy (non-hydrogen) atoms. The zero-order chi connectivity index (χ0) is 13.6. The van der Waals surface area contributed by atoms with Crippen molar-refractivity contribution in [2.45, 2.75) is 26.2 Å². The third-order valence-electron chi connectivity index (χ3n) is 4.80. The number of hydrogen-bond donors (Lipinski definition) is 0. The summed E-state index contributed by atoms with van der Waals surface area (Å²) in [5, 5.41) is 0. The van der Waals surface area contributed by atoms with Crippen molar-refractivity contribution in [3.63, 3.8) is 0 Å². The van der Waals surface area contributed by atoms with E-state index < -0.39 is 0 Å². The van der Waals surface area contributed by atoms with Crippen molar-refractivity contribution in [3.05, 3.63) is 23.8 Å². The van der Waals surface area contributed by atoms with Crippen molar-refractivity contribution < 1.29 is 9.31 Å². The van der Waals surface area contributed by atoms with Crippen LogP contribution in [0.3, 0.4) is 0 Å². The molecular formula is C16H23N2O+. The third-order valence-corrected chi connectivity index (χ3v) is 4.80. The molecule has 2 aliphatic rings. The molecule has 0 saturated carbocycles. The Morgan fingerprint density at radius 2 is 1.89 bits per heavy atom. The van der Waals surface area contributed by atoms with E-state index in [0.29, 0.717) is 0 Å². The van der Waals surface area contributed by atoms with Gasteiger partial charge in [-0.25, -0.2) is 4.58 Å². The molecule has 3 nitrogen and oxygen atoms in total. The average Bonchev–Trinajstić information content (AvgIpc) is 2.61. The normalized spacial score (nSPS) is 21.8. The Morgan fingerprint density at radius 3 is 2.58 bits per heavy atom. The summed E-state index contributed by atoms with van der Waals surface area (Å²) in [7, 11) is 2.16. The SMILES string of the molecule is CC1=[N+](C)c2ccc(N3CCOCC3)cc2C1(C)C. The fourth-order valence-electron chi connectivity index (χ4n) is 3.13. The second-order valence-corrected chi connectivity index (χ2v) is 6.07. The quantitative estimate of drug-likeness (QED) is 0.720. The van der Waals surface area contributed by atoms with Gasteiger partial charge in [-0.15, -0.1) is 0 Å². The standard InChI is InChI=1S/C16H23N2O/c1-12-16(2,3)14-11-13(5-6-15(14)17(12)4)18-7-9-19-10-8-18/h5-6,11H,7-10H2,1-4H3/q+1. The number of benzene rings is 1. The Hall–Kier alpha value is -1.35. The zero-order valence-corrected chi connectivity index (χ0v) is 12.4. The summed E-state index contributed by atoms with van der Waals surface area (Å²) in [5.41, 5.74) is 5.67. The lowest BCUT2D eigenvalue weighted by Crippen LogP contribution is -2.36. The van der Waals surface area contributed by atoms with Gasteiger partial charge in [-0.2, -0.15) is 0 Å². The molecule has 3 heteroatoms. The highest BCUT2D eigenvalue weighted by Gasteiger charge is 2.41. The minimum absolute atomic E-state index is 0.131. The maximum Gasteiger partial charge on any atom is 0.209 e. The summed E-state index contributed by atoms with van der Waals surface area (Å²) in [6.07, 6.45) is 0. The van der Waals surface area contributed by atoms with Crippen LogP contribution in [0.25, 0.3) is 0 Å². The lowest BCUT2D eigenvalue weighted by atomic mass is 9.82. The lowest BCUT2D eigenvalue weighted by Gasteiger charge is -2.29. The molecule has 0 aliphatic carbocycles. The number of morpholine rings is 1. The van der Waals surface area contributed by atoms with E-state index in [0.717, 1.165) is 26.3 Å². The van der Waals surface area contributed by atoms with Gasteiger partial charge in [0, 0.05) is 37.3 Å². The molecule has 0 radical (unpaired) electrons. The maximum absolute atomic E-state index is 5.43. The van der Waals surface area contributed by atoms with Gasteiger partial charge in [0.1, 0.15) is 7.05 Å². The van der Waals surface area contributed by atoms with Gasteiger partial charge in [0.2, 0.25) is 5.69 Å². The Kier molecular flexibility index (Phi) is 2.90. The fourth-order valence-corrected chi connectivity index (χ4v) is 3.13. The van der Waals surface area contributed by atoms with E-state index >= 15 is 0 Å². The summed E-state index contributed by atoms with van der Waals surface area (Å²) in [6, 6.07) is 6.88. The highest BCUT2D eigenvalue weighted by Crippen LogP contribution is 2.40. The van der Waals surface area contributed by atoms with Crippen LogP contribution >= 0.6 is 0 Å². The first-order chi connectivity index (χ1) is 9.01. The number of nitrogens with zero attached hydrogens (tertiary/aromatic N) is 2. The lowest BCUT2D eigenvalue weighted by molar-refractivity contribution is -0.403. The van der Waals surface area contributed by atoms with Gasteiger partial charge in [-0.05, 0) is 26.0 Å². The first-order valence-corrected chi connectivity index (χ1v) is 7.07. The Morgan fingerprint density at radius 1 is 1.21 bits per heavy atom. The fraction of sp³-hybridized carbons (Fsp3) is 0.562. The average molecular weight is 259 g/mol. The van der Waals surface area contributed by atoms with Gasteiger partial charge in [0.25, 0.3) is 0 Å². The van der Waals surface area contributed by atoms with Crippen LogP contribution in [0.5, 0.6) is 0 Å². The van der Waals surface area contributed by atoms with E-state index in [1.807, 2.05) is 0 Å². The van der Waals surface area contributed by atoms with Crippen molar-refractivity contribution in [2.24, 2.45) is 0 Å². The third kappa shape index (κ3) is 1.88. The van der Waals surface area contributed by atoms with E-state index in [1.54, 1.807) is 0 Å². The molecule has 0 aromatic heterocycles. The monoisotopic (exact) mass is 259 g/mol. The van der Waals surface area contributed by atoms with Gasteiger partial charge in [0.15, 0.2) is 5.71 Å². The molecule has 0 bridgehead atoms. The molecule has 0 N–H and O–H groups in total. The Labute approximate surface area is 115 Å². The molecule has 0 atom stereocenters. The van der Waals surface area contributed by atoms with Gasteiger partial charge in [-0.1, -0.05) is 0 Å². The molecule has 1 aromatic rings. The maximum atomic E-state index is 5.43. The molecule has 0 spiro atoms. The summed E-state index contributed by atoms with van der Waals surface area (Å²) >= 11 is 0. The van der Waals surface area contributed by atoms with Crippen LogP contribution in [0.4, 0.5) is 11.4 Å². The van der Waals surface area contributed by atoms with Crippen LogP contribution in [0.2, 0.25) is 0 Å². The Bertz CT molecular complexity index is 540. The van der Waals surface area contributed by atoms with Crippen molar-refractivity contribution in [3.8, 4) is 0 Å². The van der Waals surface area contributed by atoms with E-state index in [-0.39, 0.29) is 5.41 Å². The summed E-state index contributed by atoms with van der Waals surface area (Å²) < 4.78 is 7.75. The summed E-state index contributed by atoms with van der Waals surface area (Å²) in [6.45, 7) is 10.5. The molecule has 102 valence electrons. The zero-order valence-electron chi connectivity index (χ0n) is 12.4. The molecule has 2 aliphatic heterocycles. The van der Waals surface area contributed by atoms with Crippen LogP contribution in [0.15, 0.2) is 18.2 Å². The van der Waals surface area contributed by atoms with E-state index in [4.69, 9.17) is 4.74 Å². The van der Waals surface area contributed by atoms with E-state index in [2.05, 4.69) is 55.5 Å². The minimum atomic E-state index is 0.131. The second kappa shape index (κ2) is 4.34. The molecule has 0 amide bonds. The second-order valence-electron chi connectivity index (χ2n) is 6.07. The Balaban J connectivity index is 2.01. The van der Waals surface area contributed by atoms with E-state index in [1.165, 1.54) is 22.6 Å². The van der Waals surface area contributed by atoms with Crippen molar-refractivity contribution in [1.82, 2.24) is 0 Å².